The lowest BCUT2D eigenvalue weighted by atomic mass is 9.90. The molecule has 3 N–H and O–H groups in total. The van der Waals surface area contributed by atoms with Crippen molar-refractivity contribution in [3.63, 3.8) is 0 Å². The molecule has 1 aromatic rings. The minimum absolute atomic E-state index is 0.248. The van der Waals surface area contributed by atoms with Gasteiger partial charge in [0.25, 0.3) is 0 Å². The number of nitrogen functional groups attached to an aromatic ring is 1. The predicted octanol–water partition coefficient (Wildman–Crippen LogP) is 2.89. The third kappa shape index (κ3) is 3.94. The van der Waals surface area contributed by atoms with E-state index in [-0.39, 0.29) is 4.90 Å². The summed E-state index contributed by atoms with van der Waals surface area (Å²) in [4.78, 5) is 0.248. The molecule has 0 saturated heterocycles. The number of nitrogens with one attached hydrogen (secondary N) is 1. The maximum absolute atomic E-state index is 12.2. The van der Waals surface area contributed by atoms with Gasteiger partial charge in [-0.25, -0.2) is 13.1 Å². The molecule has 4 nitrogen and oxygen atoms in total. The van der Waals surface area contributed by atoms with Crippen molar-refractivity contribution in [1.29, 1.82) is 0 Å². The van der Waals surface area contributed by atoms with Crippen molar-refractivity contribution >= 4 is 31.6 Å². The zero-order valence-electron chi connectivity index (χ0n) is 10.7. The molecular weight excluding hydrogens is 328 g/mol. The van der Waals surface area contributed by atoms with Gasteiger partial charge in [-0.2, -0.15) is 0 Å². The van der Waals surface area contributed by atoms with Gasteiger partial charge < -0.3 is 5.73 Å². The van der Waals surface area contributed by atoms with Crippen molar-refractivity contribution in [1.82, 2.24) is 4.72 Å². The van der Waals surface area contributed by atoms with Crippen LogP contribution in [0.2, 0.25) is 0 Å². The number of halogens is 1. The summed E-state index contributed by atoms with van der Waals surface area (Å²) in [6.07, 6.45) is 5.92. The first-order chi connectivity index (χ1) is 8.99. The molecule has 0 atom stereocenters. The first-order valence-electron chi connectivity index (χ1n) is 6.54. The highest BCUT2D eigenvalue weighted by Gasteiger charge is 2.20. The van der Waals surface area contributed by atoms with Gasteiger partial charge in [0.15, 0.2) is 0 Å². The highest BCUT2D eigenvalue weighted by atomic mass is 79.9. The van der Waals surface area contributed by atoms with Crippen LogP contribution in [0, 0.1) is 5.92 Å². The molecule has 0 aliphatic heterocycles. The van der Waals surface area contributed by atoms with E-state index in [1.807, 2.05) is 0 Å². The van der Waals surface area contributed by atoms with E-state index in [9.17, 15) is 8.42 Å². The Morgan fingerprint density at radius 2 is 1.95 bits per heavy atom. The smallest absolute Gasteiger partial charge is 0.241 e. The fourth-order valence-electron chi connectivity index (χ4n) is 2.43. The predicted molar refractivity (Wildman–Crippen MR) is 80.3 cm³/mol. The molecule has 1 aliphatic carbocycles. The molecule has 6 heteroatoms. The summed E-state index contributed by atoms with van der Waals surface area (Å²) >= 11 is 3.25. The molecule has 19 heavy (non-hydrogen) atoms. The first kappa shape index (κ1) is 14.8. The summed E-state index contributed by atoms with van der Waals surface area (Å²) < 4.78 is 27.7. The van der Waals surface area contributed by atoms with E-state index in [2.05, 4.69) is 20.7 Å². The van der Waals surface area contributed by atoms with Crippen molar-refractivity contribution < 1.29 is 8.42 Å². The van der Waals surface area contributed by atoms with Crippen molar-refractivity contribution in [2.75, 3.05) is 12.3 Å². The third-order valence-electron chi connectivity index (χ3n) is 3.53. The van der Waals surface area contributed by atoms with Crippen molar-refractivity contribution in [2.45, 2.75) is 37.0 Å². The summed E-state index contributed by atoms with van der Waals surface area (Å²) in [6.45, 7) is 0.527. The first-order valence-corrected chi connectivity index (χ1v) is 8.81. The van der Waals surface area contributed by atoms with E-state index in [1.54, 1.807) is 12.1 Å². The SMILES string of the molecule is Nc1ccc(S(=O)(=O)NCC2CCCCC2)c(Br)c1. The van der Waals surface area contributed by atoms with Gasteiger partial charge in [0.2, 0.25) is 10.0 Å². The molecule has 0 bridgehead atoms. The molecule has 106 valence electrons. The van der Waals surface area contributed by atoms with E-state index < -0.39 is 10.0 Å². The Bertz CT molecular complexity index is 540. The Hall–Kier alpha value is -0.590. The van der Waals surface area contributed by atoms with Gasteiger partial charge in [-0.3, -0.25) is 0 Å². The Balaban J connectivity index is 2.05. The van der Waals surface area contributed by atoms with Crippen LogP contribution >= 0.6 is 15.9 Å². The van der Waals surface area contributed by atoms with Gasteiger partial charge >= 0.3 is 0 Å². The number of anilines is 1. The molecular formula is C13H19BrN2O2S. The maximum Gasteiger partial charge on any atom is 0.241 e. The maximum atomic E-state index is 12.2. The number of rotatable bonds is 4. The Kier molecular flexibility index (Phi) is 4.86. The average molecular weight is 347 g/mol. The molecule has 1 aromatic carbocycles. The van der Waals surface area contributed by atoms with Crippen LogP contribution in [0.1, 0.15) is 32.1 Å². The Morgan fingerprint density at radius 3 is 2.58 bits per heavy atom. The molecule has 0 spiro atoms. The van der Waals surface area contributed by atoms with Crippen LogP contribution in [0.4, 0.5) is 5.69 Å². The van der Waals surface area contributed by atoms with Gasteiger partial charge in [-0.15, -0.1) is 0 Å². The fourth-order valence-corrected chi connectivity index (χ4v) is 4.64. The molecule has 0 radical (unpaired) electrons. The molecule has 0 unspecified atom stereocenters. The zero-order chi connectivity index (χ0) is 13.9. The Labute approximate surface area is 122 Å². The second kappa shape index (κ2) is 6.24. The topological polar surface area (TPSA) is 72.2 Å². The number of sulfonamides is 1. The second-order valence-corrected chi connectivity index (χ2v) is 7.64. The van der Waals surface area contributed by atoms with E-state index in [0.717, 1.165) is 12.8 Å². The van der Waals surface area contributed by atoms with Crippen molar-refractivity contribution in [3.8, 4) is 0 Å². The summed E-state index contributed by atoms with van der Waals surface area (Å²) in [5.74, 6) is 0.469. The molecule has 1 aliphatic rings. The second-order valence-electron chi connectivity index (χ2n) is 5.05. The summed E-state index contributed by atoms with van der Waals surface area (Å²) in [6, 6.07) is 4.73. The standard InChI is InChI=1S/C13H19BrN2O2S/c14-12-8-11(15)6-7-13(12)19(17,18)16-9-10-4-2-1-3-5-10/h6-8,10,16H,1-5,9,15H2. The summed E-state index contributed by atoms with van der Waals surface area (Å²) in [7, 11) is -3.46. The van der Waals surface area contributed by atoms with Crippen molar-refractivity contribution in [2.24, 2.45) is 5.92 Å². The zero-order valence-corrected chi connectivity index (χ0v) is 13.1. The molecule has 0 heterocycles. The minimum atomic E-state index is -3.46. The quantitative estimate of drug-likeness (QED) is 0.823. The van der Waals surface area contributed by atoms with E-state index in [4.69, 9.17) is 5.73 Å². The fraction of sp³-hybridized carbons (Fsp3) is 0.538. The van der Waals surface area contributed by atoms with Crippen LogP contribution in [-0.4, -0.2) is 15.0 Å². The lowest BCUT2D eigenvalue weighted by Crippen LogP contribution is -2.30. The number of benzene rings is 1. The van der Waals surface area contributed by atoms with Crippen LogP contribution in [0.15, 0.2) is 27.6 Å². The number of hydrogen-bond donors (Lipinski definition) is 2. The van der Waals surface area contributed by atoms with Crippen molar-refractivity contribution in [3.05, 3.63) is 22.7 Å². The molecule has 1 saturated carbocycles. The monoisotopic (exact) mass is 346 g/mol. The van der Waals surface area contributed by atoms with Crippen LogP contribution in [0.5, 0.6) is 0 Å². The lowest BCUT2D eigenvalue weighted by molar-refractivity contribution is 0.357. The van der Waals surface area contributed by atoms with E-state index in [1.165, 1.54) is 25.3 Å². The molecule has 0 amide bonds. The summed E-state index contributed by atoms with van der Waals surface area (Å²) in [5, 5.41) is 0. The Morgan fingerprint density at radius 1 is 1.26 bits per heavy atom. The van der Waals surface area contributed by atoms with Gasteiger partial charge in [0.05, 0.1) is 4.90 Å². The molecule has 2 rings (SSSR count). The average Bonchev–Trinajstić information content (AvgIpc) is 2.37. The molecule has 1 fully saturated rings. The highest BCUT2D eigenvalue weighted by Crippen LogP contribution is 2.26. The number of hydrogen-bond acceptors (Lipinski definition) is 3. The van der Waals surface area contributed by atoms with Gasteiger partial charge in [-0.05, 0) is 52.9 Å². The lowest BCUT2D eigenvalue weighted by Gasteiger charge is -2.21. The largest absolute Gasteiger partial charge is 0.399 e. The normalized spacial score (nSPS) is 17.5. The van der Waals surface area contributed by atoms with Crippen LogP contribution in [0.25, 0.3) is 0 Å². The molecule has 0 aromatic heterocycles. The van der Waals surface area contributed by atoms with E-state index in [0.29, 0.717) is 22.6 Å². The van der Waals surface area contributed by atoms with Crippen LogP contribution < -0.4 is 10.5 Å². The summed E-state index contributed by atoms with van der Waals surface area (Å²) in [5.41, 5.74) is 6.16. The minimum Gasteiger partial charge on any atom is -0.399 e. The van der Waals surface area contributed by atoms with Gasteiger partial charge in [0.1, 0.15) is 0 Å². The van der Waals surface area contributed by atoms with Gasteiger partial charge in [-0.1, -0.05) is 19.3 Å². The highest BCUT2D eigenvalue weighted by molar-refractivity contribution is 9.10. The number of nitrogens with two attached hydrogens (primary N) is 1. The van der Waals surface area contributed by atoms with Crippen LogP contribution in [-0.2, 0) is 10.0 Å². The van der Waals surface area contributed by atoms with E-state index >= 15 is 0 Å². The van der Waals surface area contributed by atoms with Crippen LogP contribution in [0.3, 0.4) is 0 Å². The van der Waals surface area contributed by atoms with Gasteiger partial charge in [0, 0.05) is 16.7 Å². The third-order valence-corrected chi connectivity index (χ3v) is 5.93.